The van der Waals surface area contributed by atoms with E-state index in [1.54, 1.807) is 19.2 Å². The summed E-state index contributed by atoms with van der Waals surface area (Å²) in [5.41, 5.74) is 2.23. The minimum absolute atomic E-state index is 0.0614. The third-order valence-corrected chi connectivity index (χ3v) is 6.00. The van der Waals surface area contributed by atoms with E-state index >= 15 is 0 Å². The van der Waals surface area contributed by atoms with Crippen LogP contribution in [0.4, 0.5) is 21.6 Å². The number of methoxy groups -OCH3 is 1. The maximum absolute atomic E-state index is 14.4. The van der Waals surface area contributed by atoms with Crippen molar-refractivity contribution in [3.63, 3.8) is 0 Å². The number of anilines is 3. The molecule has 2 aliphatic rings. The van der Waals surface area contributed by atoms with Crippen molar-refractivity contribution in [3.8, 4) is 5.75 Å². The summed E-state index contributed by atoms with van der Waals surface area (Å²) in [7, 11) is 1.67. The standard InChI is InChI=1S/C21H21ClFN5O/c1-29-18-10-16-13(9-17(18)28-8-7-26-21(11-28)5-6-21)20(25-12-24-16)27-15-4-2-3-14(22)19(15)23/h2-4,9-10,12,26H,5-8,11H2,1H3,(H,24,25,27). The molecular weight excluding hydrogens is 393 g/mol. The summed E-state index contributed by atoms with van der Waals surface area (Å²) in [5, 5.41) is 7.55. The highest BCUT2D eigenvalue weighted by Crippen LogP contribution is 2.42. The second-order valence-corrected chi connectivity index (χ2v) is 8.03. The Bertz CT molecular complexity index is 1090. The molecule has 2 N–H and O–H groups in total. The number of fused-ring (bicyclic) bond motifs is 1. The monoisotopic (exact) mass is 413 g/mol. The maximum atomic E-state index is 14.4. The van der Waals surface area contributed by atoms with Gasteiger partial charge in [-0.05, 0) is 31.0 Å². The number of hydrogen-bond donors (Lipinski definition) is 2. The SMILES string of the molecule is COc1cc2ncnc(Nc3cccc(Cl)c3F)c2cc1N1CCNC2(CC2)C1. The number of hydrogen-bond acceptors (Lipinski definition) is 6. The van der Waals surface area contributed by atoms with Crippen LogP contribution in [-0.2, 0) is 0 Å². The summed E-state index contributed by atoms with van der Waals surface area (Å²) in [6.45, 7) is 2.77. The minimum atomic E-state index is -0.507. The van der Waals surface area contributed by atoms with Crippen molar-refractivity contribution in [2.45, 2.75) is 18.4 Å². The predicted molar refractivity (Wildman–Crippen MR) is 113 cm³/mol. The molecule has 0 bridgehead atoms. The molecule has 6 nitrogen and oxygen atoms in total. The largest absolute Gasteiger partial charge is 0.495 e. The first-order valence-electron chi connectivity index (χ1n) is 9.62. The highest BCUT2D eigenvalue weighted by atomic mass is 35.5. The van der Waals surface area contributed by atoms with Crippen molar-refractivity contribution >= 4 is 39.7 Å². The normalized spacial score (nSPS) is 17.6. The average Bonchev–Trinajstić information content (AvgIpc) is 3.48. The van der Waals surface area contributed by atoms with Crippen LogP contribution in [0.3, 0.4) is 0 Å². The Morgan fingerprint density at radius 3 is 2.93 bits per heavy atom. The van der Waals surface area contributed by atoms with Crippen LogP contribution < -0.4 is 20.3 Å². The first kappa shape index (κ1) is 18.4. The van der Waals surface area contributed by atoms with Crippen LogP contribution >= 0.6 is 11.6 Å². The van der Waals surface area contributed by atoms with E-state index in [0.717, 1.165) is 42.0 Å². The second kappa shape index (κ2) is 7.00. The van der Waals surface area contributed by atoms with Crippen LogP contribution in [0.15, 0.2) is 36.7 Å². The van der Waals surface area contributed by atoms with Crippen molar-refractivity contribution in [3.05, 3.63) is 47.5 Å². The molecule has 0 atom stereocenters. The van der Waals surface area contributed by atoms with E-state index in [-0.39, 0.29) is 16.2 Å². The smallest absolute Gasteiger partial charge is 0.165 e. The average molecular weight is 414 g/mol. The number of benzene rings is 2. The lowest BCUT2D eigenvalue weighted by atomic mass is 10.1. The Morgan fingerprint density at radius 2 is 2.14 bits per heavy atom. The van der Waals surface area contributed by atoms with Gasteiger partial charge in [-0.15, -0.1) is 0 Å². The van der Waals surface area contributed by atoms with Gasteiger partial charge in [-0.25, -0.2) is 14.4 Å². The lowest BCUT2D eigenvalue weighted by Gasteiger charge is -2.36. The highest BCUT2D eigenvalue weighted by molar-refractivity contribution is 6.31. The van der Waals surface area contributed by atoms with Gasteiger partial charge in [0.25, 0.3) is 0 Å². The fraction of sp³-hybridized carbons (Fsp3) is 0.333. The summed E-state index contributed by atoms with van der Waals surface area (Å²) in [6, 6.07) is 8.78. The molecule has 8 heteroatoms. The van der Waals surface area contributed by atoms with Crippen LogP contribution in [0.25, 0.3) is 10.9 Å². The molecule has 5 rings (SSSR count). The Balaban J connectivity index is 1.58. The van der Waals surface area contributed by atoms with E-state index in [0.29, 0.717) is 5.82 Å². The van der Waals surface area contributed by atoms with Gasteiger partial charge in [-0.3, -0.25) is 0 Å². The van der Waals surface area contributed by atoms with Gasteiger partial charge in [0.2, 0.25) is 0 Å². The van der Waals surface area contributed by atoms with Crippen LogP contribution in [-0.4, -0.2) is 42.3 Å². The predicted octanol–water partition coefficient (Wildman–Crippen LogP) is 4.12. The molecule has 2 aromatic carbocycles. The van der Waals surface area contributed by atoms with Crippen LogP contribution in [0.5, 0.6) is 5.75 Å². The summed E-state index contributed by atoms with van der Waals surface area (Å²) in [4.78, 5) is 11.1. The third kappa shape index (κ3) is 3.34. The number of nitrogens with zero attached hydrogens (tertiary/aromatic N) is 3. The summed E-state index contributed by atoms with van der Waals surface area (Å²) in [6.07, 6.45) is 3.85. The Kier molecular flexibility index (Phi) is 4.44. The molecule has 0 radical (unpaired) electrons. The summed E-state index contributed by atoms with van der Waals surface area (Å²) in [5.74, 6) is 0.789. The van der Waals surface area contributed by atoms with Crippen LogP contribution in [0.1, 0.15) is 12.8 Å². The molecule has 1 saturated heterocycles. The fourth-order valence-electron chi connectivity index (χ4n) is 3.96. The topological polar surface area (TPSA) is 62.3 Å². The first-order valence-corrected chi connectivity index (χ1v) is 10.0. The van der Waals surface area contributed by atoms with Gasteiger partial charge in [-0.1, -0.05) is 17.7 Å². The molecule has 1 aliphatic heterocycles. The van der Waals surface area contributed by atoms with Gasteiger partial charge in [0.15, 0.2) is 5.82 Å². The molecule has 29 heavy (non-hydrogen) atoms. The molecule has 3 aromatic rings. The fourth-order valence-corrected chi connectivity index (χ4v) is 4.13. The van der Waals surface area contributed by atoms with E-state index in [2.05, 4.69) is 25.5 Å². The number of rotatable bonds is 4. The third-order valence-electron chi connectivity index (χ3n) is 5.71. The number of halogens is 2. The van der Waals surface area contributed by atoms with E-state index < -0.39 is 5.82 Å². The number of nitrogens with one attached hydrogen (secondary N) is 2. The minimum Gasteiger partial charge on any atom is -0.495 e. The van der Waals surface area contributed by atoms with E-state index in [4.69, 9.17) is 16.3 Å². The number of ether oxygens (including phenoxy) is 1. The maximum Gasteiger partial charge on any atom is 0.165 e. The molecule has 1 aromatic heterocycles. The zero-order chi connectivity index (χ0) is 20.0. The van der Waals surface area contributed by atoms with E-state index in [1.807, 2.05) is 12.1 Å². The number of piperazine rings is 1. The zero-order valence-corrected chi connectivity index (χ0v) is 16.8. The van der Waals surface area contributed by atoms with Gasteiger partial charge < -0.3 is 20.3 Å². The molecule has 0 amide bonds. The quantitative estimate of drug-likeness (QED) is 0.671. The van der Waals surface area contributed by atoms with Crippen molar-refractivity contribution in [2.24, 2.45) is 0 Å². The van der Waals surface area contributed by atoms with Gasteiger partial charge in [0.05, 0.1) is 29.0 Å². The van der Waals surface area contributed by atoms with E-state index in [1.165, 1.54) is 25.2 Å². The molecule has 1 aliphatic carbocycles. The molecule has 0 unspecified atom stereocenters. The van der Waals surface area contributed by atoms with Gasteiger partial charge in [0.1, 0.15) is 17.9 Å². The lowest BCUT2D eigenvalue weighted by molar-refractivity contribution is 0.405. The van der Waals surface area contributed by atoms with Crippen LogP contribution in [0.2, 0.25) is 5.02 Å². The van der Waals surface area contributed by atoms with Crippen molar-refractivity contribution in [1.29, 1.82) is 0 Å². The molecule has 1 spiro atoms. The molecule has 150 valence electrons. The number of aromatic nitrogens is 2. The summed E-state index contributed by atoms with van der Waals surface area (Å²) >= 11 is 5.92. The van der Waals surface area contributed by atoms with E-state index in [9.17, 15) is 4.39 Å². The Morgan fingerprint density at radius 1 is 1.28 bits per heavy atom. The van der Waals surface area contributed by atoms with Gasteiger partial charge in [-0.2, -0.15) is 0 Å². The van der Waals surface area contributed by atoms with Crippen molar-refractivity contribution < 1.29 is 9.13 Å². The van der Waals surface area contributed by atoms with Crippen LogP contribution in [0, 0.1) is 5.82 Å². The Labute approximate surface area is 173 Å². The molecular formula is C21H21ClFN5O. The Hall–Kier alpha value is -2.64. The first-order chi connectivity index (χ1) is 14.1. The summed E-state index contributed by atoms with van der Waals surface area (Å²) < 4.78 is 20.1. The zero-order valence-electron chi connectivity index (χ0n) is 16.0. The lowest BCUT2D eigenvalue weighted by Crippen LogP contribution is -2.52. The second-order valence-electron chi connectivity index (χ2n) is 7.62. The molecule has 1 saturated carbocycles. The van der Waals surface area contributed by atoms with Crippen molar-refractivity contribution in [2.75, 3.05) is 37.0 Å². The van der Waals surface area contributed by atoms with Gasteiger partial charge >= 0.3 is 0 Å². The molecule has 2 heterocycles. The van der Waals surface area contributed by atoms with Gasteiger partial charge in [0, 0.05) is 36.6 Å². The molecule has 2 fully saturated rings. The van der Waals surface area contributed by atoms with Crippen molar-refractivity contribution in [1.82, 2.24) is 15.3 Å². The highest BCUT2D eigenvalue weighted by Gasteiger charge is 2.45.